The molecule has 0 aliphatic rings. The molecular formula is C15H14N2O. The Morgan fingerprint density at radius 3 is 2.11 bits per heavy atom. The van der Waals surface area contributed by atoms with Crippen molar-refractivity contribution in [3.05, 3.63) is 59.9 Å². The highest BCUT2D eigenvalue weighted by Crippen LogP contribution is 2.12. The highest BCUT2D eigenvalue weighted by atomic mass is 16.1. The lowest BCUT2D eigenvalue weighted by molar-refractivity contribution is -0.114. The number of anilines is 1. The van der Waals surface area contributed by atoms with E-state index >= 15 is 0 Å². The van der Waals surface area contributed by atoms with Gasteiger partial charge in [-0.3, -0.25) is 9.78 Å². The standard InChI is InChI=1S/C15H14N2O/c1-12(18)17-15-6-4-13(5-7-15)2-3-14-8-10-16-11-9-14/h2-11H,1H3,(H,17,18)/b3-2+. The third-order valence-electron chi connectivity index (χ3n) is 2.41. The molecule has 1 aromatic carbocycles. The zero-order chi connectivity index (χ0) is 12.8. The number of hydrogen-bond donors (Lipinski definition) is 1. The van der Waals surface area contributed by atoms with Gasteiger partial charge >= 0.3 is 0 Å². The van der Waals surface area contributed by atoms with E-state index in [1.54, 1.807) is 12.4 Å². The van der Waals surface area contributed by atoms with Crippen molar-refractivity contribution in [2.24, 2.45) is 0 Å². The molecule has 2 aromatic rings. The van der Waals surface area contributed by atoms with E-state index in [1.807, 2.05) is 48.6 Å². The van der Waals surface area contributed by atoms with Crippen LogP contribution in [-0.2, 0) is 4.79 Å². The van der Waals surface area contributed by atoms with Gasteiger partial charge in [-0.15, -0.1) is 0 Å². The average Bonchev–Trinajstić information content (AvgIpc) is 2.38. The molecule has 0 radical (unpaired) electrons. The maximum Gasteiger partial charge on any atom is 0.221 e. The molecule has 90 valence electrons. The Labute approximate surface area is 106 Å². The van der Waals surface area contributed by atoms with Gasteiger partial charge in [-0.1, -0.05) is 24.3 Å². The summed E-state index contributed by atoms with van der Waals surface area (Å²) in [7, 11) is 0. The number of carbonyl (C=O) groups excluding carboxylic acids is 1. The summed E-state index contributed by atoms with van der Waals surface area (Å²) in [5, 5.41) is 2.73. The van der Waals surface area contributed by atoms with Crippen molar-refractivity contribution in [2.45, 2.75) is 6.92 Å². The van der Waals surface area contributed by atoms with Gasteiger partial charge in [-0.05, 0) is 35.4 Å². The summed E-state index contributed by atoms with van der Waals surface area (Å²) in [6, 6.07) is 11.6. The molecule has 1 N–H and O–H groups in total. The van der Waals surface area contributed by atoms with Crippen LogP contribution in [0.4, 0.5) is 5.69 Å². The van der Waals surface area contributed by atoms with Gasteiger partial charge in [0.25, 0.3) is 0 Å². The van der Waals surface area contributed by atoms with E-state index < -0.39 is 0 Å². The number of pyridine rings is 1. The summed E-state index contributed by atoms with van der Waals surface area (Å²) in [5.74, 6) is -0.0601. The number of carbonyl (C=O) groups is 1. The van der Waals surface area contributed by atoms with Gasteiger partial charge in [0.05, 0.1) is 0 Å². The highest BCUT2D eigenvalue weighted by molar-refractivity contribution is 5.88. The van der Waals surface area contributed by atoms with Crippen molar-refractivity contribution in [1.29, 1.82) is 0 Å². The van der Waals surface area contributed by atoms with E-state index in [0.29, 0.717) is 0 Å². The van der Waals surface area contributed by atoms with Crippen molar-refractivity contribution in [1.82, 2.24) is 4.98 Å². The molecule has 1 heterocycles. The first kappa shape index (κ1) is 12.0. The lowest BCUT2D eigenvalue weighted by Crippen LogP contribution is -2.05. The maximum atomic E-state index is 10.9. The predicted molar refractivity (Wildman–Crippen MR) is 73.9 cm³/mol. The zero-order valence-corrected chi connectivity index (χ0v) is 10.1. The first-order chi connectivity index (χ1) is 8.74. The van der Waals surface area contributed by atoms with E-state index in [0.717, 1.165) is 16.8 Å². The molecule has 0 atom stereocenters. The number of benzene rings is 1. The molecule has 3 heteroatoms. The Hall–Kier alpha value is -2.42. The molecule has 18 heavy (non-hydrogen) atoms. The second-order valence-electron chi connectivity index (χ2n) is 3.92. The number of nitrogens with one attached hydrogen (secondary N) is 1. The average molecular weight is 238 g/mol. The Balaban J connectivity index is 2.06. The molecule has 0 saturated heterocycles. The highest BCUT2D eigenvalue weighted by Gasteiger charge is 1.94. The summed E-state index contributed by atoms with van der Waals surface area (Å²) in [6.07, 6.45) is 7.57. The van der Waals surface area contributed by atoms with Crippen molar-refractivity contribution < 1.29 is 4.79 Å². The fraction of sp³-hybridized carbons (Fsp3) is 0.0667. The fourth-order valence-electron chi connectivity index (χ4n) is 1.55. The van der Waals surface area contributed by atoms with Crippen LogP contribution in [0.3, 0.4) is 0 Å². The number of aromatic nitrogens is 1. The van der Waals surface area contributed by atoms with Gasteiger partial charge < -0.3 is 5.32 Å². The molecule has 0 aliphatic heterocycles. The fourth-order valence-corrected chi connectivity index (χ4v) is 1.55. The van der Waals surface area contributed by atoms with E-state index in [2.05, 4.69) is 10.3 Å². The van der Waals surface area contributed by atoms with Gasteiger partial charge in [0.1, 0.15) is 0 Å². The van der Waals surface area contributed by atoms with E-state index in [1.165, 1.54) is 6.92 Å². The number of nitrogens with zero attached hydrogens (tertiary/aromatic N) is 1. The molecule has 1 amide bonds. The summed E-state index contributed by atoms with van der Waals surface area (Å²) in [6.45, 7) is 1.50. The monoisotopic (exact) mass is 238 g/mol. The molecular weight excluding hydrogens is 224 g/mol. The molecule has 0 fully saturated rings. The number of hydrogen-bond acceptors (Lipinski definition) is 2. The maximum absolute atomic E-state index is 10.9. The van der Waals surface area contributed by atoms with Crippen LogP contribution in [0.15, 0.2) is 48.8 Å². The van der Waals surface area contributed by atoms with Gasteiger partial charge in [0.2, 0.25) is 5.91 Å². The quantitative estimate of drug-likeness (QED) is 0.892. The van der Waals surface area contributed by atoms with Gasteiger partial charge in [0, 0.05) is 25.0 Å². The predicted octanol–water partition coefficient (Wildman–Crippen LogP) is 3.21. The third-order valence-corrected chi connectivity index (χ3v) is 2.41. The molecule has 1 aromatic heterocycles. The molecule has 0 unspecified atom stereocenters. The van der Waals surface area contributed by atoms with Crippen molar-refractivity contribution in [3.8, 4) is 0 Å². The van der Waals surface area contributed by atoms with Crippen LogP contribution >= 0.6 is 0 Å². The lowest BCUT2D eigenvalue weighted by Gasteiger charge is -2.01. The smallest absolute Gasteiger partial charge is 0.221 e. The second-order valence-corrected chi connectivity index (χ2v) is 3.92. The number of amides is 1. The molecule has 3 nitrogen and oxygen atoms in total. The van der Waals surface area contributed by atoms with Crippen LogP contribution < -0.4 is 5.32 Å². The van der Waals surface area contributed by atoms with Crippen molar-refractivity contribution in [2.75, 3.05) is 5.32 Å². The van der Waals surface area contributed by atoms with Crippen LogP contribution in [0.2, 0.25) is 0 Å². The van der Waals surface area contributed by atoms with Crippen LogP contribution in [0.5, 0.6) is 0 Å². The minimum Gasteiger partial charge on any atom is -0.326 e. The van der Waals surface area contributed by atoms with Crippen LogP contribution in [0.25, 0.3) is 12.2 Å². The van der Waals surface area contributed by atoms with Crippen LogP contribution in [0, 0.1) is 0 Å². The summed E-state index contributed by atoms with van der Waals surface area (Å²) >= 11 is 0. The Kier molecular flexibility index (Phi) is 3.86. The van der Waals surface area contributed by atoms with E-state index in [-0.39, 0.29) is 5.91 Å². The first-order valence-corrected chi connectivity index (χ1v) is 5.70. The zero-order valence-electron chi connectivity index (χ0n) is 10.1. The van der Waals surface area contributed by atoms with Gasteiger partial charge in [-0.25, -0.2) is 0 Å². The SMILES string of the molecule is CC(=O)Nc1ccc(/C=C/c2ccncc2)cc1. The van der Waals surface area contributed by atoms with Crippen LogP contribution in [0.1, 0.15) is 18.1 Å². The van der Waals surface area contributed by atoms with E-state index in [9.17, 15) is 4.79 Å². The minimum atomic E-state index is -0.0601. The third kappa shape index (κ3) is 3.56. The summed E-state index contributed by atoms with van der Waals surface area (Å²) in [5.41, 5.74) is 3.00. The molecule has 0 bridgehead atoms. The minimum absolute atomic E-state index is 0.0601. The van der Waals surface area contributed by atoms with Crippen molar-refractivity contribution in [3.63, 3.8) is 0 Å². The summed E-state index contributed by atoms with van der Waals surface area (Å²) in [4.78, 5) is 14.8. The van der Waals surface area contributed by atoms with Crippen LogP contribution in [-0.4, -0.2) is 10.9 Å². The largest absolute Gasteiger partial charge is 0.326 e. The van der Waals surface area contributed by atoms with Gasteiger partial charge in [-0.2, -0.15) is 0 Å². The van der Waals surface area contributed by atoms with Crippen molar-refractivity contribution >= 4 is 23.7 Å². The molecule has 2 rings (SSSR count). The first-order valence-electron chi connectivity index (χ1n) is 5.70. The molecule has 0 saturated carbocycles. The number of rotatable bonds is 3. The topological polar surface area (TPSA) is 42.0 Å². The lowest BCUT2D eigenvalue weighted by atomic mass is 10.1. The Morgan fingerprint density at radius 2 is 1.56 bits per heavy atom. The molecule has 0 spiro atoms. The molecule has 0 aliphatic carbocycles. The van der Waals surface area contributed by atoms with Gasteiger partial charge in [0.15, 0.2) is 0 Å². The Morgan fingerprint density at radius 1 is 1.00 bits per heavy atom. The second kappa shape index (κ2) is 5.77. The van der Waals surface area contributed by atoms with E-state index in [4.69, 9.17) is 0 Å². The Bertz CT molecular complexity index is 544. The summed E-state index contributed by atoms with van der Waals surface area (Å²) < 4.78 is 0. The normalized spacial score (nSPS) is 10.5.